The summed E-state index contributed by atoms with van der Waals surface area (Å²) >= 11 is 0. The Bertz CT molecular complexity index is 950. The van der Waals surface area contributed by atoms with Crippen LogP contribution in [0.4, 0.5) is 17.6 Å². The smallest absolute Gasteiger partial charge is 0.338 e. The third kappa shape index (κ3) is 3.29. The fraction of sp³-hybridized carbons (Fsp3) is 0.529. The van der Waals surface area contributed by atoms with Crippen molar-refractivity contribution in [2.24, 2.45) is 0 Å². The zero-order valence-electron chi connectivity index (χ0n) is 14.7. The first-order valence-corrected chi connectivity index (χ1v) is 8.87. The first-order chi connectivity index (χ1) is 13.2. The van der Waals surface area contributed by atoms with Crippen LogP contribution in [-0.2, 0) is 23.9 Å². The fourth-order valence-corrected chi connectivity index (χ4v) is 3.67. The quantitative estimate of drug-likeness (QED) is 0.735. The number of hydrogen-bond donors (Lipinski definition) is 0. The van der Waals surface area contributed by atoms with Crippen LogP contribution in [0, 0.1) is 0 Å². The number of hydrogen-bond acceptors (Lipinski definition) is 4. The van der Waals surface area contributed by atoms with Crippen molar-refractivity contribution in [3.63, 3.8) is 0 Å². The third-order valence-corrected chi connectivity index (χ3v) is 5.07. The maximum absolute atomic E-state index is 13.4. The first kappa shape index (κ1) is 18.6. The molecule has 28 heavy (non-hydrogen) atoms. The van der Waals surface area contributed by atoms with Crippen molar-refractivity contribution < 1.29 is 22.4 Å². The lowest BCUT2D eigenvalue weighted by Crippen LogP contribution is -2.38. The zero-order chi connectivity index (χ0) is 20.1. The Balaban J connectivity index is 1.54. The number of aromatic nitrogens is 4. The van der Waals surface area contributed by atoms with Crippen molar-refractivity contribution in [2.45, 2.75) is 44.2 Å². The van der Waals surface area contributed by atoms with Gasteiger partial charge in [-0.05, 0) is 24.5 Å². The molecule has 4 rings (SSSR count). The van der Waals surface area contributed by atoms with Crippen LogP contribution in [0.25, 0.3) is 0 Å². The van der Waals surface area contributed by atoms with E-state index in [2.05, 4.69) is 10.1 Å². The van der Waals surface area contributed by atoms with Crippen LogP contribution in [0.1, 0.15) is 36.0 Å². The largest absolute Gasteiger partial charge is 0.433 e. The number of pyridine rings is 1. The minimum atomic E-state index is -4.53. The Morgan fingerprint density at radius 2 is 2.04 bits per heavy atom. The van der Waals surface area contributed by atoms with Crippen LogP contribution < -0.4 is 5.69 Å². The number of alkyl halides is 4. The van der Waals surface area contributed by atoms with E-state index in [1.165, 1.54) is 15.5 Å². The van der Waals surface area contributed by atoms with E-state index in [4.69, 9.17) is 0 Å². The molecule has 0 saturated carbocycles. The number of halogens is 4. The monoisotopic (exact) mass is 399 g/mol. The lowest BCUT2D eigenvalue weighted by atomic mass is 10.2. The average molecular weight is 399 g/mol. The molecular formula is C17H17F4N5O2. The van der Waals surface area contributed by atoms with Gasteiger partial charge in [-0.15, -0.1) is 0 Å². The van der Waals surface area contributed by atoms with Gasteiger partial charge in [0.05, 0.1) is 13.1 Å². The van der Waals surface area contributed by atoms with Crippen LogP contribution in [0.5, 0.6) is 0 Å². The molecule has 0 spiro atoms. The minimum Gasteiger partial charge on any atom is -0.338 e. The highest BCUT2D eigenvalue weighted by Gasteiger charge is 2.38. The lowest BCUT2D eigenvalue weighted by Gasteiger charge is -2.20. The Morgan fingerprint density at radius 3 is 2.64 bits per heavy atom. The third-order valence-electron chi connectivity index (χ3n) is 5.07. The lowest BCUT2D eigenvalue weighted by molar-refractivity contribution is -0.141. The highest BCUT2D eigenvalue weighted by Crippen LogP contribution is 2.28. The van der Waals surface area contributed by atoms with Gasteiger partial charge < -0.3 is 4.90 Å². The number of aryl methyl sites for hydroxylation is 1. The molecule has 1 unspecified atom stereocenters. The summed E-state index contributed by atoms with van der Waals surface area (Å²) in [5.74, 6) is 0.149. The van der Waals surface area contributed by atoms with Crippen LogP contribution in [0.2, 0.25) is 0 Å². The summed E-state index contributed by atoms with van der Waals surface area (Å²) in [4.78, 5) is 30.2. The van der Waals surface area contributed by atoms with Gasteiger partial charge in [-0.3, -0.25) is 14.3 Å². The number of fused-ring (bicyclic) bond motifs is 1. The number of nitrogens with zero attached hydrogens (tertiary/aromatic N) is 5. The molecular weight excluding hydrogens is 382 g/mol. The molecule has 0 aromatic carbocycles. The van der Waals surface area contributed by atoms with Gasteiger partial charge in [0.1, 0.15) is 23.7 Å². The topological polar surface area (TPSA) is 73.0 Å². The van der Waals surface area contributed by atoms with E-state index in [0.29, 0.717) is 37.2 Å². The molecule has 1 amide bonds. The van der Waals surface area contributed by atoms with Gasteiger partial charge >= 0.3 is 11.9 Å². The van der Waals surface area contributed by atoms with E-state index in [-0.39, 0.29) is 19.0 Å². The van der Waals surface area contributed by atoms with Crippen LogP contribution in [-0.4, -0.2) is 49.4 Å². The summed E-state index contributed by atoms with van der Waals surface area (Å²) in [6, 6.07) is 1.37. The van der Waals surface area contributed by atoms with Crippen molar-refractivity contribution in [3.8, 4) is 0 Å². The van der Waals surface area contributed by atoms with E-state index in [9.17, 15) is 27.2 Å². The molecule has 0 bridgehead atoms. The average Bonchev–Trinajstić information content (AvgIpc) is 3.32. The molecule has 2 aliphatic rings. The summed E-state index contributed by atoms with van der Waals surface area (Å²) in [5, 5.41) is 4.20. The van der Waals surface area contributed by atoms with Crippen molar-refractivity contribution >= 4 is 5.91 Å². The highest BCUT2D eigenvalue weighted by molar-refractivity contribution is 5.81. The normalized spacial score (nSPS) is 21.9. The second-order valence-corrected chi connectivity index (χ2v) is 7.00. The van der Waals surface area contributed by atoms with Gasteiger partial charge in [-0.2, -0.15) is 18.3 Å². The summed E-state index contributed by atoms with van der Waals surface area (Å²) in [6.45, 7) is 0.303. The van der Waals surface area contributed by atoms with Crippen molar-refractivity contribution in [1.29, 1.82) is 0 Å². The number of rotatable bonds is 3. The van der Waals surface area contributed by atoms with E-state index in [1.807, 2.05) is 0 Å². The second kappa shape index (κ2) is 6.71. The standard InChI is InChI=1S/C17H17F4N5O2/c18-11-5-6-24(9-11)15(27)12-2-4-14-23-25(16(28)26(12)14)8-10-1-3-13(22-7-10)17(19,20)21/h1,3,7,11-12H,2,4-6,8-9H2/t11-,12?/m0/s1. The van der Waals surface area contributed by atoms with Crippen LogP contribution in [0.3, 0.4) is 0 Å². The molecule has 11 heteroatoms. The number of amides is 1. The molecule has 2 aliphatic heterocycles. The Morgan fingerprint density at radius 1 is 1.25 bits per heavy atom. The molecule has 0 aliphatic carbocycles. The predicted molar refractivity (Wildman–Crippen MR) is 88.3 cm³/mol. The van der Waals surface area contributed by atoms with E-state index in [0.717, 1.165) is 16.9 Å². The van der Waals surface area contributed by atoms with Crippen LogP contribution >= 0.6 is 0 Å². The summed E-state index contributed by atoms with van der Waals surface area (Å²) in [7, 11) is 0. The molecule has 150 valence electrons. The zero-order valence-corrected chi connectivity index (χ0v) is 14.7. The molecule has 2 aromatic rings. The summed E-state index contributed by atoms with van der Waals surface area (Å²) in [6.07, 6.45) is -3.39. The van der Waals surface area contributed by atoms with Crippen molar-refractivity contribution in [2.75, 3.05) is 13.1 Å². The summed E-state index contributed by atoms with van der Waals surface area (Å²) < 4.78 is 53.6. The molecule has 2 atom stereocenters. The van der Waals surface area contributed by atoms with Gasteiger partial charge in [0.2, 0.25) is 5.91 Å². The maximum atomic E-state index is 13.4. The Kier molecular flexibility index (Phi) is 4.47. The number of likely N-dealkylation sites (tertiary alicyclic amines) is 1. The molecule has 2 aromatic heterocycles. The maximum Gasteiger partial charge on any atom is 0.433 e. The Labute approximate surface area is 156 Å². The molecule has 0 radical (unpaired) electrons. The first-order valence-electron chi connectivity index (χ1n) is 8.87. The molecule has 0 N–H and O–H groups in total. The summed E-state index contributed by atoms with van der Waals surface area (Å²) in [5.41, 5.74) is -1.14. The molecule has 1 saturated heterocycles. The van der Waals surface area contributed by atoms with E-state index < -0.39 is 29.8 Å². The predicted octanol–water partition coefficient (Wildman–Crippen LogP) is 1.56. The van der Waals surface area contributed by atoms with Crippen molar-refractivity contribution in [1.82, 2.24) is 24.2 Å². The second-order valence-electron chi connectivity index (χ2n) is 7.00. The van der Waals surface area contributed by atoms with Gasteiger partial charge in [-0.1, -0.05) is 6.07 Å². The SMILES string of the molecule is O=C(C1CCc2nn(Cc3ccc(C(F)(F)F)nc3)c(=O)n21)N1CC[C@H](F)C1. The Hall–Kier alpha value is -2.72. The molecule has 7 nitrogen and oxygen atoms in total. The van der Waals surface area contributed by atoms with E-state index in [1.54, 1.807) is 0 Å². The van der Waals surface area contributed by atoms with Crippen LogP contribution in [0.15, 0.2) is 23.1 Å². The number of carbonyl (C=O) groups excluding carboxylic acids is 1. The highest BCUT2D eigenvalue weighted by atomic mass is 19.4. The van der Waals surface area contributed by atoms with Gasteiger partial charge in [0, 0.05) is 19.2 Å². The van der Waals surface area contributed by atoms with Gasteiger partial charge in [-0.25, -0.2) is 13.9 Å². The van der Waals surface area contributed by atoms with Crippen molar-refractivity contribution in [3.05, 3.63) is 45.9 Å². The van der Waals surface area contributed by atoms with Gasteiger partial charge in [0.15, 0.2) is 0 Å². The molecule has 1 fully saturated rings. The van der Waals surface area contributed by atoms with Gasteiger partial charge in [0.25, 0.3) is 0 Å². The van der Waals surface area contributed by atoms with E-state index >= 15 is 0 Å². The fourth-order valence-electron chi connectivity index (χ4n) is 3.67. The number of carbonyl (C=O) groups is 1. The molecule has 4 heterocycles. The minimum absolute atomic E-state index is 0.0325.